The molecule has 0 unspecified atom stereocenters. The molecule has 3 rings (SSSR count). The highest BCUT2D eigenvalue weighted by atomic mass is 19.1. The summed E-state index contributed by atoms with van der Waals surface area (Å²) in [5.41, 5.74) is 2.43. The molecule has 0 aliphatic rings. The summed E-state index contributed by atoms with van der Waals surface area (Å²) < 4.78 is 19.5. The van der Waals surface area contributed by atoms with E-state index in [1.54, 1.807) is 44.4 Å². The second-order valence-corrected chi connectivity index (χ2v) is 5.88. The summed E-state index contributed by atoms with van der Waals surface area (Å²) in [6, 6.07) is 10.5. The predicted molar refractivity (Wildman–Crippen MR) is 93.1 cm³/mol. The molecule has 7 heteroatoms. The van der Waals surface area contributed by atoms with Crippen LogP contribution in [0.15, 0.2) is 51.7 Å². The van der Waals surface area contributed by atoms with E-state index < -0.39 is 5.76 Å². The van der Waals surface area contributed by atoms with Crippen LogP contribution in [0, 0.1) is 5.82 Å². The van der Waals surface area contributed by atoms with Crippen LogP contribution >= 0.6 is 0 Å². The number of carbonyl (C=O) groups excluding carboxylic acids is 1. The minimum absolute atomic E-state index is 0.234. The summed E-state index contributed by atoms with van der Waals surface area (Å²) in [6.45, 7) is 1.86. The first-order valence-corrected chi connectivity index (χ1v) is 7.75. The molecule has 1 aromatic heterocycles. The van der Waals surface area contributed by atoms with Gasteiger partial charge in [0.1, 0.15) is 5.82 Å². The zero-order valence-electron chi connectivity index (χ0n) is 14.1. The molecule has 0 radical (unpaired) electrons. The molecule has 0 fully saturated rings. The molecule has 6 nitrogen and oxygen atoms in total. The highest BCUT2D eigenvalue weighted by Crippen LogP contribution is 2.22. The van der Waals surface area contributed by atoms with Gasteiger partial charge in [0.2, 0.25) is 0 Å². The second kappa shape index (κ2) is 6.43. The molecule has 1 heterocycles. The number of fused-ring (bicyclic) bond motifs is 1. The van der Waals surface area contributed by atoms with Gasteiger partial charge in [0.25, 0.3) is 0 Å². The van der Waals surface area contributed by atoms with Crippen molar-refractivity contribution in [2.75, 3.05) is 12.4 Å². The normalized spacial score (nSPS) is 12.2. The number of anilines is 1. The minimum Gasteiger partial charge on any atom is -0.408 e. The first kappa shape index (κ1) is 16.8. The molecule has 1 atom stereocenters. The van der Waals surface area contributed by atoms with Gasteiger partial charge in [0.05, 0.1) is 11.6 Å². The van der Waals surface area contributed by atoms with E-state index >= 15 is 0 Å². The van der Waals surface area contributed by atoms with Crippen LogP contribution in [0.25, 0.3) is 11.1 Å². The van der Waals surface area contributed by atoms with Crippen LogP contribution in [-0.2, 0) is 7.05 Å². The molecule has 1 N–H and O–H groups in total. The highest BCUT2D eigenvalue weighted by Gasteiger charge is 2.18. The lowest BCUT2D eigenvalue weighted by Gasteiger charge is -2.25. The number of oxazole rings is 1. The number of hydrogen-bond donors (Lipinski definition) is 1. The fourth-order valence-electron chi connectivity index (χ4n) is 2.56. The van der Waals surface area contributed by atoms with Gasteiger partial charge in [0, 0.05) is 19.8 Å². The number of nitrogens with one attached hydrogen (secondary N) is 1. The molecular formula is C18H18FN3O3. The number of amides is 2. The summed E-state index contributed by atoms with van der Waals surface area (Å²) in [5.74, 6) is -0.775. The second-order valence-electron chi connectivity index (χ2n) is 5.88. The quantitative estimate of drug-likeness (QED) is 0.791. The number of urea groups is 1. The van der Waals surface area contributed by atoms with Crippen LogP contribution in [-0.4, -0.2) is 22.5 Å². The van der Waals surface area contributed by atoms with Gasteiger partial charge in [-0.3, -0.25) is 4.57 Å². The van der Waals surface area contributed by atoms with Gasteiger partial charge >= 0.3 is 11.8 Å². The molecule has 2 aromatic carbocycles. The fraction of sp³-hybridized carbons (Fsp3) is 0.222. The first-order chi connectivity index (χ1) is 11.9. The molecule has 130 valence electrons. The zero-order valence-corrected chi connectivity index (χ0v) is 14.1. The van der Waals surface area contributed by atoms with Crippen LogP contribution in [0.1, 0.15) is 18.5 Å². The first-order valence-electron chi connectivity index (χ1n) is 7.75. The minimum atomic E-state index is -0.458. The third-order valence-electron chi connectivity index (χ3n) is 4.30. The summed E-state index contributed by atoms with van der Waals surface area (Å²) in [7, 11) is 3.26. The Balaban J connectivity index is 1.77. The lowest BCUT2D eigenvalue weighted by Crippen LogP contribution is -2.33. The van der Waals surface area contributed by atoms with Gasteiger partial charge in [-0.15, -0.1) is 0 Å². The zero-order chi connectivity index (χ0) is 18.1. The molecule has 3 aromatic rings. The van der Waals surface area contributed by atoms with Crippen molar-refractivity contribution in [1.82, 2.24) is 9.47 Å². The number of nitrogens with zero attached hydrogens (tertiary/aromatic N) is 2. The van der Waals surface area contributed by atoms with Crippen LogP contribution in [0.4, 0.5) is 14.9 Å². The van der Waals surface area contributed by atoms with Crippen LogP contribution < -0.4 is 11.1 Å². The molecule has 2 amide bonds. The Morgan fingerprint density at radius 3 is 2.60 bits per heavy atom. The Bertz CT molecular complexity index is 975. The van der Waals surface area contributed by atoms with Crippen molar-refractivity contribution in [3.05, 3.63) is 64.4 Å². The van der Waals surface area contributed by atoms with Crippen molar-refractivity contribution in [2.45, 2.75) is 13.0 Å². The largest absolute Gasteiger partial charge is 0.419 e. The van der Waals surface area contributed by atoms with E-state index in [0.29, 0.717) is 16.8 Å². The molecule has 0 bridgehead atoms. The summed E-state index contributed by atoms with van der Waals surface area (Å²) in [6.07, 6.45) is 0. The molecular weight excluding hydrogens is 325 g/mol. The number of carbonyl (C=O) groups is 1. The van der Waals surface area contributed by atoms with Crippen molar-refractivity contribution in [1.29, 1.82) is 0 Å². The maximum absolute atomic E-state index is 13.0. The van der Waals surface area contributed by atoms with E-state index in [0.717, 1.165) is 5.56 Å². The Morgan fingerprint density at radius 2 is 1.92 bits per heavy atom. The molecule has 0 aliphatic heterocycles. The van der Waals surface area contributed by atoms with Gasteiger partial charge < -0.3 is 14.6 Å². The average Bonchev–Trinajstić information content (AvgIpc) is 2.88. The Kier molecular flexibility index (Phi) is 4.31. The lowest BCUT2D eigenvalue weighted by atomic mass is 10.1. The molecule has 25 heavy (non-hydrogen) atoms. The van der Waals surface area contributed by atoms with Gasteiger partial charge in [-0.25, -0.2) is 14.0 Å². The van der Waals surface area contributed by atoms with E-state index in [9.17, 15) is 14.0 Å². The van der Waals surface area contributed by atoms with Crippen molar-refractivity contribution in [3.8, 4) is 0 Å². The van der Waals surface area contributed by atoms with Gasteiger partial charge in [0.15, 0.2) is 5.58 Å². The van der Waals surface area contributed by atoms with E-state index in [4.69, 9.17) is 4.42 Å². The van der Waals surface area contributed by atoms with E-state index in [1.807, 2.05) is 6.92 Å². The number of aromatic nitrogens is 1. The van der Waals surface area contributed by atoms with Crippen LogP contribution in [0.5, 0.6) is 0 Å². The van der Waals surface area contributed by atoms with Gasteiger partial charge in [-0.1, -0.05) is 12.1 Å². The fourth-order valence-corrected chi connectivity index (χ4v) is 2.56. The van der Waals surface area contributed by atoms with E-state index in [1.165, 1.54) is 21.6 Å². The van der Waals surface area contributed by atoms with Crippen molar-refractivity contribution < 1.29 is 13.6 Å². The molecule has 0 spiro atoms. The standard InChI is InChI=1S/C18H18FN3O3/c1-11(12-4-6-13(19)7-5-12)21(2)17(23)20-14-8-9-16-15(10-14)22(3)18(24)25-16/h4-11H,1-3H3,(H,20,23)/t11-/m1/s1. The summed E-state index contributed by atoms with van der Waals surface area (Å²) in [5, 5.41) is 2.79. The summed E-state index contributed by atoms with van der Waals surface area (Å²) in [4.78, 5) is 25.5. The maximum atomic E-state index is 13.0. The average molecular weight is 343 g/mol. The molecule has 0 saturated heterocycles. The SMILES string of the molecule is C[C@H](c1ccc(F)cc1)N(C)C(=O)Nc1ccc2oc(=O)n(C)c2c1. The number of halogens is 1. The van der Waals surface area contributed by atoms with E-state index in [-0.39, 0.29) is 17.9 Å². The molecule has 0 aliphatic carbocycles. The monoisotopic (exact) mass is 343 g/mol. The van der Waals surface area contributed by atoms with Gasteiger partial charge in [-0.05, 0) is 42.8 Å². The number of benzene rings is 2. The number of rotatable bonds is 3. The third-order valence-corrected chi connectivity index (χ3v) is 4.30. The number of aryl methyl sites for hydroxylation is 1. The van der Waals surface area contributed by atoms with Crippen molar-refractivity contribution in [2.24, 2.45) is 7.05 Å². The predicted octanol–water partition coefficient (Wildman–Crippen LogP) is 3.50. The Morgan fingerprint density at radius 1 is 1.24 bits per heavy atom. The Labute approximate surface area is 143 Å². The lowest BCUT2D eigenvalue weighted by molar-refractivity contribution is 0.208. The van der Waals surface area contributed by atoms with Crippen molar-refractivity contribution >= 4 is 22.8 Å². The maximum Gasteiger partial charge on any atom is 0.419 e. The topological polar surface area (TPSA) is 67.5 Å². The third kappa shape index (κ3) is 3.26. The number of hydrogen-bond acceptors (Lipinski definition) is 3. The Hall–Kier alpha value is -3.09. The van der Waals surface area contributed by atoms with Crippen LogP contribution in [0.2, 0.25) is 0 Å². The van der Waals surface area contributed by atoms with Crippen LogP contribution in [0.3, 0.4) is 0 Å². The summed E-state index contributed by atoms with van der Waals surface area (Å²) >= 11 is 0. The van der Waals surface area contributed by atoms with E-state index in [2.05, 4.69) is 5.32 Å². The van der Waals surface area contributed by atoms with Gasteiger partial charge in [-0.2, -0.15) is 0 Å². The van der Waals surface area contributed by atoms with Crippen molar-refractivity contribution in [3.63, 3.8) is 0 Å². The molecule has 0 saturated carbocycles. The smallest absolute Gasteiger partial charge is 0.408 e. The highest BCUT2D eigenvalue weighted by molar-refractivity contribution is 5.91.